The normalized spacial score (nSPS) is 32.9. The van der Waals surface area contributed by atoms with Crippen molar-refractivity contribution in [2.45, 2.75) is 70.6 Å². The van der Waals surface area contributed by atoms with Crippen LogP contribution in [0.25, 0.3) is 0 Å². The average Bonchev–Trinajstić information content (AvgIpc) is 2.58. The van der Waals surface area contributed by atoms with Crippen molar-refractivity contribution in [2.24, 2.45) is 17.8 Å². The van der Waals surface area contributed by atoms with Gasteiger partial charge in [-0.25, -0.2) is 0 Å². The molecule has 2 fully saturated rings. The maximum atomic E-state index is 6.18. The second-order valence-corrected chi connectivity index (χ2v) is 8.29. The Morgan fingerprint density at radius 1 is 0.818 bits per heavy atom. The van der Waals surface area contributed by atoms with E-state index >= 15 is 0 Å². The molecule has 0 radical (unpaired) electrons. The lowest BCUT2D eigenvalue weighted by atomic mass is 9.68. The van der Waals surface area contributed by atoms with Crippen molar-refractivity contribution < 1.29 is 0 Å². The van der Waals surface area contributed by atoms with E-state index in [0.717, 1.165) is 17.8 Å². The van der Waals surface area contributed by atoms with E-state index in [1.54, 1.807) is 0 Å². The molecule has 0 aliphatic heterocycles. The number of hydrogen-bond acceptors (Lipinski definition) is 0. The molecule has 2 aliphatic carbocycles. The summed E-state index contributed by atoms with van der Waals surface area (Å²) in [5, 5.41) is 1.38. The minimum Gasteiger partial charge on any atom is -0.0827 e. The van der Waals surface area contributed by atoms with E-state index in [2.05, 4.69) is 19.1 Å². The molecule has 1 aromatic rings. The fourth-order valence-corrected chi connectivity index (χ4v) is 5.06. The van der Waals surface area contributed by atoms with Crippen molar-refractivity contribution in [1.29, 1.82) is 0 Å². The highest BCUT2D eigenvalue weighted by Gasteiger charge is 2.30. The molecule has 122 valence electrons. The van der Waals surface area contributed by atoms with E-state index in [1.807, 2.05) is 6.07 Å². The van der Waals surface area contributed by atoms with Crippen LogP contribution in [0.3, 0.4) is 0 Å². The number of benzene rings is 1. The summed E-state index contributed by atoms with van der Waals surface area (Å²) in [5.41, 5.74) is 1.39. The first-order valence-electron chi connectivity index (χ1n) is 9.12. The van der Waals surface area contributed by atoms with Crippen LogP contribution in [0.4, 0.5) is 0 Å². The summed E-state index contributed by atoms with van der Waals surface area (Å²) in [6.45, 7) is 2.35. The predicted molar refractivity (Wildman–Crippen MR) is 96.9 cm³/mol. The van der Waals surface area contributed by atoms with Gasteiger partial charge in [-0.15, -0.1) is 0 Å². The van der Waals surface area contributed by atoms with Gasteiger partial charge in [-0.2, -0.15) is 0 Å². The second kappa shape index (κ2) is 7.58. The van der Waals surface area contributed by atoms with Crippen molar-refractivity contribution in [3.05, 3.63) is 33.8 Å². The zero-order chi connectivity index (χ0) is 15.5. The molecule has 2 saturated carbocycles. The summed E-state index contributed by atoms with van der Waals surface area (Å²) in [5.74, 6) is 3.70. The Bertz CT molecular complexity index is 480. The molecule has 0 amide bonds. The second-order valence-electron chi connectivity index (χ2n) is 7.47. The summed E-state index contributed by atoms with van der Waals surface area (Å²) >= 11 is 12.2. The molecule has 0 N–H and O–H groups in total. The number of halogens is 2. The molecular weight excluding hydrogens is 311 g/mol. The zero-order valence-electron chi connectivity index (χ0n) is 13.7. The Labute approximate surface area is 145 Å². The lowest BCUT2D eigenvalue weighted by Gasteiger charge is -2.38. The monoisotopic (exact) mass is 338 g/mol. The van der Waals surface area contributed by atoms with E-state index < -0.39 is 0 Å². The molecule has 0 saturated heterocycles. The van der Waals surface area contributed by atoms with Crippen LogP contribution in [0.2, 0.25) is 10.0 Å². The third-order valence-corrected chi connectivity index (χ3v) is 7.06. The highest BCUT2D eigenvalue weighted by molar-refractivity contribution is 6.42. The van der Waals surface area contributed by atoms with Gasteiger partial charge in [0.05, 0.1) is 10.0 Å². The summed E-state index contributed by atoms with van der Waals surface area (Å²) in [4.78, 5) is 0. The van der Waals surface area contributed by atoms with E-state index in [9.17, 15) is 0 Å². The van der Waals surface area contributed by atoms with Gasteiger partial charge in [-0.3, -0.25) is 0 Å². The van der Waals surface area contributed by atoms with E-state index in [0.29, 0.717) is 16.0 Å². The number of rotatable bonds is 3. The summed E-state index contributed by atoms with van der Waals surface area (Å²) < 4.78 is 0. The molecule has 0 nitrogen and oxygen atoms in total. The Kier molecular flexibility index (Phi) is 5.74. The Morgan fingerprint density at radius 3 is 1.95 bits per heavy atom. The first-order chi connectivity index (χ1) is 10.7. The van der Waals surface area contributed by atoms with E-state index in [-0.39, 0.29) is 0 Å². The minimum absolute atomic E-state index is 0.673. The van der Waals surface area contributed by atoms with Crippen molar-refractivity contribution in [3.8, 4) is 0 Å². The maximum absolute atomic E-state index is 6.18. The standard InChI is InChI=1S/C20H28Cl2/c1-2-14-3-5-15(6-4-14)16-7-9-17(10-8-16)18-11-12-19(21)20(22)13-18/h11-17H,2-10H2,1H3. The van der Waals surface area contributed by atoms with Crippen LogP contribution in [0.1, 0.15) is 76.2 Å². The van der Waals surface area contributed by atoms with Gasteiger partial charge in [-0.1, -0.05) is 55.5 Å². The quantitative estimate of drug-likeness (QED) is 0.535. The Morgan fingerprint density at radius 2 is 1.41 bits per heavy atom. The van der Waals surface area contributed by atoms with Gasteiger partial charge in [0.25, 0.3) is 0 Å². The zero-order valence-corrected chi connectivity index (χ0v) is 15.2. The lowest BCUT2D eigenvalue weighted by molar-refractivity contribution is 0.158. The molecule has 22 heavy (non-hydrogen) atoms. The largest absolute Gasteiger partial charge is 0.0827 e. The van der Waals surface area contributed by atoms with Crippen LogP contribution >= 0.6 is 23.2 Å². The van der Waals surface area contributed by atoms with Gasteiger partial charge in [0, 0.05) is 0 Å². The van der Waals surface area contributed by atoms with Crippen LogP contribution in [0.5, 0.6) is 0 Å². The highest BCUT2D eigenvalue weighted by Crippen LogP contribution is 2.44. The fourth-order valence-electron chi connectivity index (χ4n) is 4.76. The lowest BCUT2D eigenvalue weighted by Crippen LogP contribution is -2.25. The van der Waals surface area contributed by atoms with Crippen LogP contribution in [-0.2, 0) is 0 Å². The van der Waals surface area contributed by atoms with Crippen molar-refractivity contribution in [3.63, 3.8) is 0 Å². The highest BCUT2D eigenvalue weighted by atomic mass is 35.5. The van der Waals surface area contributed by atoms with Crippen molar-refractivity contribution in [2.75, 3.05) is 0 Å². The summed E-state index contributed by atoms with van der Waals surface area (Å²) in [6, 6.07) is 6.21. The maximum Gasteiger partial charge on any atom is 0.0595 e. The van der Waals surface area contributed by atoms with Gasteiger partial charge in [0.15, 0.2) is 0 Å². The average molecular weight is 339 g/mol. The van der Waals surface area contributed by atoms with Gasteiger partial charge >= 0.3 is 0 Å². The van der Waals surface area contributed by atoms with Crippen LogP contribution in [0.15, 0.2) is 18.2 Å². The third kappa shape index (κ3) is 3.82. The smallest absolute Gasteiger partial charge is 0.0595 e. The van der Waals surface area contributed by atoms with E-state index in [1.165, 1.54) is 63.4 Å². The molecule has 0 unspecified atom stereocenters. The molecule has 0 aromatic heterocycles. The summed E-state index contributed by atoms with van der Waals surface area (Å²) in [7, 11) is 0. The Balaban J connectivity index is 1.53. The first-order valence-corrected chi connectivity index (χ1v) is 9.88. The topological polar surface area (TPSA) is 0 Å². The summed E-state index contributed by atoms with van der Waals surface area (Å²) in [6.07, 6.45) is 12.8. The molecule has 0 spiro atoms. The molecule has 2 aliphatic rings. The molecule has 0 atom stereocenters. The minimum atomic E-state index is 0.673. The Hall–Kier alpha value is -0.200. The first kappa shape index (κ1) is 16.7. The molecule has 0 heterocycles. The van der Waals surface area contributed by atoms with Crippen LogP contribution in [-0.4, -0.2) is 0 Å². The van der Waals surface area contributed by atoms with Crippen LogP contribution < -0.4 is 0 Å². The van der Waals surface area contributed by atoms with Gasteiger partial charge in [0.1, 0.15) is 0 Å². The molecular formula is C20H28Cl2. The number of hydrogen-bond donors (Lipinski definition) is 0. The van der Waals surface area contributed by atoms with Crippen LogP contribution in [0, 0.1) is 17.8 Å². The van der Waals surface area contributed by atoms with Gasteiger partial charge < -0.3 is 0 Å². The molecule has 1 aromatic carbocycles. The van der Waals surface area contributed by atoms with E-state index in [4.69, 9.17) is 23.2 Å². The van der Waals surface area contributed by atoms with Crippen molar-refractivity contribution in [1.82, 2.24) is 0 Å². The SMILES string of the molecule is CCC1CCC(C2CCC(c3ccc(Cl)c(Cl)c3)CC2)CC1. The molecule has 3 rings (SSSR count). The fraction of sp³-hybridized carbons (Fsp3) is 0.700. The van der Waals surface area contributed by atoms with Gasteiger partial charge in [0.2, 0.25) is 0 Å². The molecule has 0 bridgehead atoms. The third-order valence-electron chi connectivity index (χ3n) is 6.32. The van der Waals surface area contributed by atoms with Crippen molar-refractivity contribution >= 4 is 23.2 Å². The predicted octanol–water partition coefficient (Wildman–Crippen LogP) is 7.48. The molecule has 2 heteroatoms. The van der Waals surface area contributed by atoms with Gasteiger partial charge in [-0.05, 0) is 79.9 Å².